The standard InChI is InChI=1S/C44H26N6O3/c1-3-11-27(12-4-1)49(29-19-21-33-31-15-7-9-17-36(31)51-38(33)23-29)40-26-45-41-35-25-46-44(48-42(35)53-43(41)47-40)50(28-13-5-2-6-14-28)30-20-22-34-32-16-8-10-18-37(32)52-39(34)24-30/h1-26H. The van der Waals surface area contributed by atoms with Gasteiger partial charge >= 0.3 is 0 Å². The maximum Gasteiger partial charge on any atom is 0.250 e. The minimum atomic E-state index is 0.352. The van der Waals surface area contributed by atoms with E-state index < -0.39 is 0 Å². The Morgan fingerprint density at radius 1 is 0.377 bits per heavy atom. The van der Waals surface area contributed by atoms with Gasteiger partial charge in [-0.25, -0.2) is 9.97 Å². The first-order valence-electron chi connectivity index (χ1n) is 17.2. The Morgan fingerprint density at radius 2 is 0.925 bits per heavy atom. The molecule has 53 heavy (non-hydrogen) atoms. The van der Waals surface area contributed by atoms with Crippen LogP contribution in [-0.4, -0.2) is 19.9 Å². The molecule has 11 aromatic rings. The minimum absolute atomic E-state index is 0.352. The first-order chi connectivity index (χ1) is 26.2. The first kappa shape index (κ1) is 29.2. The third-order valence-corrected chi connectivity index (χ3v) is 9.62. The van der Waals surface area contributed by atoms with Crippen molar-refractivity contribution >= 4 is 101 Å². The molecule has 250 valence electrons. The molecule has 0 N–H and O–H groups in total. The summed E-state index contributed by atoms with van der Waals surface area (Å²) in [6, 6.07) is 48.5. The van der Waals surface area contributed by atoms with E-state index in [1.807, 2.05) is 119 Å². The Kier molecular flexibility index (Phi) is 6.35. The second-order valence-corrected chi connectivity index (χ2v) is 12.8. The molecule has 0 fully saturated rings. The molecular formula is C44H26N6O3. The van der Waals surface area contributed by atoms with Gasteiger partial charge in [0, 0.05) is 51.2 Å². The number of furan rings is 3. The molecule has 5 aromatic heterocycles. The predicted molar refractivity (Wildman–Crippen MR) is 209 cm³/mol. The van der Waals surface area contributed by atoms with Crippen molar-refractivity contribution in [3.63, 3.8) is 0 Å². The summed E-state index contributed by atoms with van der Waals surface area (Å²) in [5, 5.41) is 4.90. The van der Waals surface area contributed by atoms with Crippen molar-refractivity contribution < 1.29 is 13.3 Å². The van der Waals surface area contributed by atoms with Crippen LogP contribution >= 0.6 is 0 Å². The zero-order valence-corrected chi connectivity index (χ0v) is 27.9. The Hall–Kier alpha value is -7.52. The lowest BCUT2D eigenvalue weighted by Gasteiger charge is -2.23. The molecule has 0 saturated heterocycles. The highest BCUT2D eigenvalue weighted by Gasteiger charge is 2.22. The number of anilines is 6. The third-order valence-electron chi connectivity index (χ3n) is 9.62. The lowest BCUT2D eigenvalue weighted by Crippen LogP contribution is -2.13. The molecule has 0 radical (unpaired) electrons. The quantitative estimate of drug-likeness (QED) is 0.169. The second kappa shape index (κ2) is 11.5. The van der Waals surface area contributed by atoms with E-state index in [4.69, 9.17) is 33.2 Å². The van der Waals surface area contributed by atoms with Crippen LogP contribution in [0.1, 0.15) is 0 Å². The number of fused-ring (bicyclic) bond motifs is 9. The van der Waals surface area contributed by atoms with Gasteiger partial charge in [-0.2, -0.15) is 9.97 Å². The summed E-state index contributed by atoms with van der Waals surface area (Å²) in [5.41, 5.74) is 8.06. The van der Waals surface area contributed by atoms with Gasteiger partial charge < -0.3 is 13.3 Å². The highest BCUT2D eigenvalue weighted by atomic mass is 16.4. The number of benzene rings is 6. The topological polar surface area (TPSA) is 97.5 Å². The maximum atomic E-state index is 6.38. The van der Waals surface area contributed by atoms with Gasteiger partial charge in [-0.15, -0.1) is 0 Å². The molecule has 6 aromatic carbocycles. The molecule has 0 unspecified atom stereocenters. The number of para-hydroxylation sites is 4. The van der Waals surface area contributed by atoms with Crippen LogP contribution in [0.5, 0.6) is 0 Å². The molecule has 0 amide bonds. The summed E-state index contributed by atoms with van der Waals surface area (Å²) >= 11 is 0. The van der Waals surface area contributed by atoms with Crippen molar-refractivity contribution in [3.8, 4) is 0 Å². The smallest absolute Gasteiger partial charge is 0.250 e. The molecule has 9 heteroatoms. The molecular weight excluding hydrogens is 661 g/mol. The van der Waals surface area contributed by atoms with E-state index >= 15 is 0 Å². The Morgan fingerprint density at radius 3 is 1.57 bits per heavy atom. The average molecular weight is 687 g/mol. The lowest BCUT2D eigenvalue weighted by molar-refractivity contribution is 0.638. The molecule has 0 saturated carbocycles. The zero-order valence-electron chi connectivity index (χ0n) is 27.9. The highest BCUT2D eigenvalue weighted by Crippen LogP contribution is 2.40. The van der Waals surface area contributed by atoms with E-state index in [9.17, 15) is 0 Å². The molecule has 5 heterocycles. The van der Waals surface area contributed by atoms with Gasteiger partial charge in [0.05, 0.1) is 23.0 Å². The number of aromatic nitrogens is 4. The Balaban J connectivity index is 1.03. The molecule has 11 rings (SSSR count). The van der Waals surface area contributed by atoms with Crippen LogP contribution in [0.3, 0.4) is 0 Å². The summed E-state index contributed by atoms with van der Waals surface area (Å²) < 4.78 is 18.9. The van der Waals surface area contributed by atoms with Gasteiger partial charge in [0.25, 0.3) is 0 Å². The fourth-order valence-corrected chi connectivity index (χ4v) is 7.18. The molecule has 0 spiro atoms. The van der Waals surface area contributed by atoms with Crippen LogP contribution in [0.25, 0.3) is 66.2 Å². The van der Waals surface area contributed by atoms with E-state index in [-0.39, 0.29) is 0 Å². The Bertz CT molecular complexity index is 2940. The van der Waals surface area contributed by atoms with E-state index in [1.165, 1.54) is 0 Å². The fraction of sp³-hybridized carbons (Fsp3) is 0. The summed E-state index contributed by atoms with van der Waals surface area (Å²) in [4.78, 5) is 23.7. The fourth-order valence-electron chi connectivity index (χ4n) is 7.18. The van der Waals surface area contributed by atoms with Crippen molar-refractivity contribution in [1.29, 1.82) is 0 Å². The van der Waals surface area contributed by atoms with Gasteiger partial charge in [0.15, 0.2) is 5.82 Å². The monoisotopic (exact) mass is 686 g/mol. The van der Waals surface area contributed by atoms with E-state index in [2.05, 4.69) is 36.4 Å². The second-order valence-electron chi connectivity index (χ2n) is 12.8. The normalized spacial score (nSPS) is 11.8. The molecule has 0 atom stereocenters. The molecule has 0 aliphatic rings. The number of nitrogens with zero attached hydrogens (tertiary/aromatic N) is 6. The van der Waals surface area contributed by atoms with Crippen molar-refractivity contribution in [1.82, 2.24) is 19.9 Å². The van der Waals surface area contributed by atoms with E-state index in [0.29, 0.717) is 34.1 Å². The van der Waals surface area contributed by atoms with Gasteiger partial charge in [-0.1, -0.05) is 72.8 Å². The van der Waals surface area contributed by atoms with Gasteiger partial charge in [-0.05, 0) is 60.7 Å². The lowest BCUT2D eigenvalue weighted by atomic mass is 10.1. The van der Waals surface area contributed by atoms with Crippen LogP contribution in [-0.2, 0) is 0 Å². The van der Waals surface area contributed by atoms with Crippen LogP contribution in [0.4, 0.5) is 34.5 Å². The van der Waals surface area contributed by atoms with Crippen molar-refractivity contribution in [2.45, 2.75) is 0 Å². The van der Waals surface area contributed by atoms with Crippen LogP contribution in [0.2, 0.25) is 0 Å². The van der Waals surface area contributed by atoms with Crippen LogP contribution < -0.4 is 9.80 Å². The zero-order chi connectivity index (χ0) is 34.9. The maximum absolute atomic E-state index is 6.38. The largest absolute Gasteiger partial charge is 0.456 e. The minimum Gasteiger partial charge on any atom is -0.456 e. The first-order valence-corrected chi connectivity index (χ1v) is 17.2. The van der Waals surface area contributed by atoms with Crippen molar-refractivity contribution in [2.24, 2.45) is 0 Å². The SMILES string of the molecule is c1ccc(N(c2ccc3c(c2)oc2ccccc23)c2cnc3c(n2)oc2nc(N(c4ccccc4)c4ccc5c(c4)oc4ccccc45)ncc23)cc1. The van der Waals surface area contributed by atoms with Gasteiger partial charge in [0.2, 0.25) is 17.4 Å². The molecule has 0 aliphatic heterocycles. The summed E-state index contributed by atoms with van der Waals surface area (Å²) in [6.07, 6.45) is 3.50. The summed E-state index contributed by atoms with van der Waals surface area (Å²) in [5.74, 6) is 1.01. The number of rotatable bonds is 6. The van der Waals surface area contributed by atoms with E-state index in [0.717, 1.165) is 66.6 Å². The van der Waals surface area contributed by atoms with Gasteiger partial charge in [-0.3, -0.25) is 9.80 Å². The van der Waals surface area contributed by atoms with Crippen molar-refractivity contribution in [3.05, 3.63) is 158 Å². The van der Waals surface area contributed by atoms with Crippen LogP contribution in [0.15, 0.2) is 171 Å². The molecule has 0 bridgehead atoms. The average Bonchev–Trinajstić information content (AvgIpc) is 3.89. The van der Waals surface area contributed by atoms with Gasteiger partial charge in [0.1, 0.15) is 27.8 Å². The molecule has 9 nitrogen and oxygen atoms in total. The molecule has 0 aliphatic carbocycles. The highest BCUT2D eigenvalue weighted by molar-refractivity contribution is 6.07. The Labute approximate surface area is 301 Å². The third kappa shape index (κ3) is 4.71. The number of hydrogen-bond acceptors (Lipinski definition) is 9. The van der Waals surface area contributed by atoms with Crippen LogP contribution in [0, 0.1) is 0 Å². The van der Waals surface area contributed by atoms with E-state index in [1.54, 1.807) is 12.4 Å². The predicted octanol–water partition coefficient (Wildman–Crippen LogP) is 11.9. The number of hydrogen-bond donors (Lipinski definition) is 0. The van der Waals surface area contributed by atoms with Crippen molar-refractivity contribution in [2.75, 3.05) is 9.80 Å². The summed E-state index contributed by atoms with van der Waals surface area (Å²) in [6.45, 7) is 0. The summed E-state index contributed by atoms with van der Waals surface area (Å²) in [7, 11) is 0.